The first-order valence-electron chi connectivity index (χ1n) is 13.4. The highest BCUT2D eigenvalue weighted by Crippen LogP contribution is 2.32. The average molecular weight is 526 g/mol. The van der Waals surface area contributed by atoms with Gasteiger partial charge in [0.25, 0.3) is 0 Å². The molecule has 0 aliphatic carbocycles. The normalized spacial score (nSPS) is 41.8. The Morgan fingerprint density at radius 1 is 1.05 bits per heavy atom. The van der Waals surface area contributed by atoms with Crippen molar-refractivity contribution >= 4 is 17.5 Å². The number of cyclic esters (lactones) is 1. The summed E-state index contributed by atoms with van der Waals surface area (Å²) in [6.07, 6.45) is -0.500. The Morgan fingerprint density at radius 2 is 1.68 bits per heavy atom. The number of allylic oxidation sites excluding steroid dienone is 1. The number of nitrogens with zero attached hydrogens (tertiary/aromatic N) is 1. The predicted octanol–water partition coefficient (Wildman–Crippen LogP) is 2.37. The van der Waals surface area contributed by atoms with Crippen LogP contribution in [0.15, 0.2) is 12.2 Å². The third kappa shape index (κ3) is 7.93. The van der Waals surface area contributed by atoms with Crippen molar-refractivity contribution in [3.63, 3.8) is 0 Å². The van der Waals surface area contributed by atoms with Crippen molar-refractivity contribution in [2.75, 3.05) is 14.1 Å². The van der Waals surface area contributed by atoms with Gasteiger partial charge in [-0.15, -0.1) is 0 Å². The van der Waals surface area contributed by atoms with Crippen LogP contribution < -0.4 is 0 Å². The van der Waals surface area contributed by atoms with E-state index in [1.165, 1.54) is 19.9 Å². The molecule has 0 aromatic carbocycles. The van der Waals surface area contributed by atoms with Gasteiger partial charge in [-0.1, -0.05) is 33.8 Å². The largest absolute Gasteiger partial charge is 0.458 e. The van der Waals surface area contributed by atoms with Crippen molar-refractivity contribution < 1.29 is 38.8 Å². The lowest BCUT2D eigenvalue weighted by Crippen LogP contribution is -2.56. The van der Waals surface area contributed by atoms with Crippen LogP contribution in [0.25, 0.3) is 0 Å². The summed E-state index contributed by atoms with van der Waals surface area (Å²) in [5, 5.41) is 21.2. The summed E-state index contributed by atoms with van der Waals surface area (Å²) in [6, 6.07) is -0.187. The Hall–Kier alpha value is -1.65. The molecule has 0 aromatic rings. The van der Waals surface area contributed by atoms with Gasteiger partial charge in [0.15, 0.2) is 17.9 Å². The molecule has 2 N–H and O–H groups in total. The van der Waals surface area contributed by atoms with E-state index in [9.17, 15) is 24.6 Å². The van der Waals surface area contributed by atoms with Crippen molar-refractivity contribution in [2.45, 2.75) is 104 Å². The lowest BCUT2D eigenvalue weighted by atomic mass is 9.80. The summed E-state index contributed by atoms with van der Waals surface area (Å²) in [5.74, 6) is -4.07. The smallest absolute Gasteiger partial charge is 0.316 e. The maximum Gasteiger partial charge on any atom is 0.316 e. The van der Waals surface area contributed by atoms with E-state index < -0.39 is 54.4 Å². The summed E-state index contributed by atoms with van der Waals surface area (Å²) in [7, 11) is 3.77. The molecule has 0 aromatic heterocycles. The van der Waals surface area contributed by atoms with Gasteiger partial charge in [-0.2, -0.15) is 0 Å². The summed E-state index contributed by atoms with van der Waals surface area (Å²) in [5.41, 5.74) is 0. The second kappa shape index (κ2) is 13.4. The van der Waals surface area contributed by atoms with E-state index in [0.29, 0.717) is 12.8 Å². The molecule has 9 nitrogen and oxygen atoms in total. The third-order valence-electron chi connectivity index (χ3n) is 7.87. The second-order valence-electron chi connectivity index (χ2n) is 11.5. The number of likely N-dealkylation sites (N-methyl/N-ethyl adjacent to an activating group) is 1. The number of hydrogen-bond acceptors (Lipinski definition) is 9. The minimum atomic E-state index is -1.08. The highest BCUT2D eigenvalue weighted by Gasteiger charge is 2.43. The molecule has 12 unspecified atom stereocenters. The molecular formula is C28H47NO8. The van der Waals surface area contributed by atoms with Crippen LogP contribution in [0.2, 0.25) is 0 Å². The van der Waals surface area contributed by atoms with Crippen molar-refractivity contribution in [3.8, 4) is 0 Å². The number of ketones is 2. The van der Waals surface area contributed by atoms with Gasteiger partial charge in [-0.05, 0) is 59.7 Å². The summed E-state index contributed by atoms with van der Waals surface area (Å²) < 4.78 is 17.9. The molecule has 2 aliphatic rings. The van der Waals surface area contributed by atoms with Crippen LogP contribution in [0.5, 0.6) is 0 Å². The Kier molecular flexibility index (Phi) is 11.5. The molecule has 37 heavy (non-hydrogen) atoms. The van der Waals surface area contributed by atoms with Crippen molar-refractivity contribution in [3.05, 3.63) is 12.2 Å². The fourth-order valence-corrected chi connectivity index (χ4v) is 5.44. The standard InChI is InChI=1S/C28H47NO8/c1-14-10-11-22(31)15(2)12-16(3)25(37-28-24(33)21(29(8)9)13-17(4)35-28)18(5)23(32)19(6)27(34)36-26(14)20(7)30/h10-11,14-21,24-26,28,30,33H,12-13H2,1-9H3. The fourth-order valence-electron chi connectivity index (χ4n) is 5.44. The Labute approximate surface area is 221 Å². The predicted molar refractivity (Wildman–Crippen MR) is 138 cm³/mol. The Bertz CT molecular complexity index is 827. The number of ether oxygens (including phenoxy) is 3. The second-order valence-corrected chi connectivity index (χ2v) is 11.5. The molecule has 1 saturated heterocycles. The SMILES string of the molecule is CC1CC(N(C)C)C(O)C(OC2C(C)CC(C)C(=O)C=CC(C)C(C(C)O)OC(=O)C(C)C(=O)C2C)O1. The van der Waals surface area contributed by atoms with Crippen LogP contribution >= 0.6 is 0 Å². The molecule has 0 amide bonds. The van der Waals surface area contributed by atoms with Gasteiger partial charge in [0.2, 0.25) is 0 Å². The minimum absolute atomic E-state index is 0.104. The Morgan fingerprint density at radius 3 is 2.24 bits per heavy atom. The van der Waals surface area contributed by atoms with Gasteiger partial charge in [0.05, 0.1) is 18.3 Å². The molecule has 12 atom stereocenters. The Balaban J connectivity index is 2.42. The first-order chi connectivity index (χ1) is 17.1. The lowest BCUT2D eigenvalue weighted by molar-refractivity contribution is -0.278. The van der Waals surface area contributed by atoms with E-state index in [1.54, 1.807) is 19.9 Å². The van der Waals surface area contributed by atoms with E-state index in [2.05, 4.69) is 0 Å². The van der Waals surface area contributed by atoms with Crippen molar-refractivity contribution in [2.24, 2.45) is 29.6 Å². The van der Waals surface area contributed by atoms with E-state index in [4.69, 9.17) is 14.2 Å². The number of aliphatic hydroxyl groups is 2. The number of hydrogen-bond donors (Lipinski definition) is 2. The third-order valence-corrected chi connectivity index (χ3v) is 7.87. The lowest BCUT2D eigenvalue weighted by Gasteiger charge is -2.43. The van der Waals surface area contributed by atoms with Gasteiger partial charge < -0.3 is 29.3 Å². The maximum absolute atomic E-state index is 13.5. The number of carbonyl (C=O) groups excluding carboxylic acids is 3. The number of Topliss-reactive ketones (excluding diaryl/α,β-unsaturated/α-hetero) is 1. The summed E-state index contributed by atoms with van der Waals surface area (Å²) in [6.45, 7) is 12.1. The van der Waals surface area contributed by atoms with Gasteiger partial charge in [0.1, 0.15) is 18.1 Å². The van der Waals surface area contributed by atoms with Crippen LogP contribution in [-0.4, -0.2) is 89.6 Å². The van der Waals surface area contributed by atoms with Crippen LogP contribution in [0, 0.1) is 29.6 Å². The molecule has 2 rings (SSSR count). The summed E-state index contributed by atoms with van der Waals surface area (Å²) >= 11 is 0. The molecule has 0 radical (unpaired) electrons. The molecule has 0 spiro atoms. The molecule has 212 valence electrons. The minimum Gasteiger partial charge on any atom is -0.458 e. The van der Waals surface area contributed by atoms with Gasteiger partial charge in [0, 0.05) is 23.8 Å². The fraction of sp³-hybridized carbons (Fsp3) is 0.821. The van der Waals surface area contributed by atoms with Gasteiger partial charge >= 0.3 is 5.97 Å². The number of rotatable bonds is 4. The van der Waals surface area contributed by atoms with E-state index in [0.717, 1.165) is 0 Å². The summed E-state index contributed by atoms with van der Waals surface area (Å²) in [4.78, 5) is 41.3. The quantitative estimate of drug-likeness (QED) is 0.421. The van der Waals surface area contributed by atoms with Gasteiger partial charge in [-0.25, -0.2) is 0 Å². The van der Waals surface area contributed by atoms with Crippen LogP contribution in [-0.2, 0) is 28.6 Å². The number of esters is 1. The topological polar surface area (TPSA) is 123 Å². The van der Waals surface area contributed by atoms with Gasteiger partial charge in [-0.3, -0.25) is 14.4 Å². The monoisotopic (exact) mass is 525 g/mol. The van der Waals surface area contributed by atoms with E-state index in [1.807, 2.05) is 39.8 Å². The molecule has 0 saturated carbocycles. The van der Waals surface area contributed by atoms with E-state index >= 15 is 0 Å². The average Bonchev–Trinajstić information content (AvgIpc) is 2.82. The highest BCUT2D eigenvalue weighted by atomic mass is 16.7. The number of aliphatic hydroxyl groups excluding tert-OH is 2. The molecule has 1 fully saturated rings. The maximum atomic E-state index is 13.5. The number of carbonyl (C=O) groups is 3. The first-order valence-corrected chi connectivity index (χ1v) is 13.4. The zero-order valence-corrected chi connectivity index (χ0v) is 23.8. The first kappa shape index (κ1) is 31.6. The van der Waals surface area contributed by atoms with E-state index in [-0.39, 0.29) is 35.5 Å². The molecular weight excluding hydrogens is 478 g/mol. The van der Waals surface area contributed by atoms with Crippen LogP contribution in [0.3, 0.4) is 0 Å². The zero-order valence-electron chi connectivity index (χ0n) is 23.8. The molecule has 9 heteroatoms. The molecule has 2 aliphatic heterocycles. The van der Waals surface area contributed by atoms with Crippen molar-refractivity contribution in [1.82, 2.24) is 4.90 Å². The zero-order chi connectivity index (χ0) is 28.2. The van der Waals surface area contributed by atoms with Crippen molar-refractivity contribution in [1.29, 1.82) is 0 Å². The van der Waals surface area contributed by atoms with Crippen LogP contribution in [0.4, 0.5) is 0 Å². The van der Waals surface area contributed by atoms with Crippen LogP contribution in [0.1, 0.15) is 61.3 Å². The highest BCUT2D eigenvalue weighted by molar-refractivity contribution is 6.00. The molecule has 2 heterocycles. The molecule has 0 bridgehead atoms.